The number of benzene rings is 2. The highest BCUT2D eigenvalue weighted by Crippen LogP contribution is 2.31. The highest BCUT2D eigenvalue weighted by atomic mass is 19.1. The number of nitrogens with zero attached hydrogens (tertiary/aromatic N) is 2. The first kappa shape index (κ1) is 19.7. The van der Waals surface area contributed by atoms with E-state index in [9.17, 15) is 9.18 Å². The van der Waals surface area contributed by atoms with E-state index in [1.54, 1.807) is 43.4 Å². The van der Waals surface area contributed by atoms with Crippen LogP contribution in [0, 0.1) is 5.82 Å². The van der Waals surface area contributed by atoms with E-state index >= 15 is 0 Å². The fraction of sp³-hybridized carbons (Fsp3) is 0.217. The Hall–Kier alpha value is -3.61. The Morgan fingerprint density at radius 1 is 1.17 bits per heavy atom. The van der Waals surface area contributed by atoms with Gasteiger partial charge >= 0.3 is 0 Å². The van der Waals surface area contributed by atoms with Crippen molar-refractivity contribution in [2.75, 3.05) is 20.8 Å². The molecule has 1 amide bonds. The van der Waals surface area contributed by atoms with Crippen molar-refractivity contribution >= 4 is 12.0 Å². The number of ether oxygens (including phenoxy) is 2. The van der Waals surface area contributed by atoms with Crippen LogP contribution in [0.15, 0.2) is 53.1 Å². The summed E-state index contributed by atoms with van der Waals surface area (Å²) in [6.07, 6.45) is 3.87. The lowest BCUT2D eigenvalue weighted by Crippen LogP contribution is -2.34. The molecule has 0 N–H and O–H groups in total. The minimum Gasteiger partial charge on any atom is -0.497 e. The van der Waals surface area contributed by atoms with E-state index in [0.29, 0.717) is 36.8 Å². The van der Waals surface area contributed by atoms with Gasteiger partial charge in [-0.1, -0.05) is 5.16 Å². The maximum absolute atomic E-state index is 13.2. The number of hydrogen-bond acceptors (Lipinski definition) is 5. The summed E-state index contributed by atoms with van der Waals surface area (Å²) in [6, 6.07) is 11.5. The monoisotopic (exact) mass is 408 g/mol. The molecule has 0 aliphatic carbocycles. The van der Waals surface area contributed by atoms with Crippen LogP contribution in [0.1, 0.15) is 16.8 Å². The van der Waals surface area contributed by atoms with Crippen LogP contribution in [-0.2, 0) is 17.8 Å². The summed E-state index contributed by atoms with van der Waals surface area (Å²) in [4.78, 5) is 14.4. The van der Waals surface area contributed by atoms with Crippen LogP contribution < -0.4 is 9.47 Å². The zero-order valence-electron chi connectivity index (χ0n) is 16.7. The normalized spacial score (nSPS) is 13.4. The fourth-order valence-corrected chi connectivity index (χ4v) is 3.47. The smallest absolute Gasteiger partial charge is 0.246 e. The summed E-state index contributed by atoms with van der Waals surface area (Å²) in [5.41, 5.74) is 3.25. The Bertz CT molecular complexity index is 1090. The zero-order chi connectivity index (χ0) is 21.1. The fourth-order valence-electron chi connectivity index (χ4n) is 3.47. The molecule has 1 aromatic heterocycles. The second-order valence-corrected chi connectivity index (χ2v) is 6.89. The molecule has 0 radical (unpaired) electrons. The number of carbonyl (C=O) groups excluding carboxylic acids is 1. The molecular weight excluding hydrogens is 387 g/mol. The van der Waals surface area contributed by atoms with E-state index < -0.39 is 0 Å². The van der Waals surface area contributed by atoms with Crippen LogP contribution in [0.2, 0.25) is 0 Å². The summed E-state index contributed by atoms with van der Waals surface area (Å²) in [7, 11) is 3.16. The second kappa shape index (κ2) is 8.41. The zero-order valence-corrected chi connectivity index (χ0v) is 16.7. The summed E-state index contributed by atoms with van der Waals surface area (Å²) in [5, 5.41) is 4.13. The average molecular weight is 408 g/mol. The van der Waals surface area contributed by atoms with Crippen LogP contribution in [0.3, 0.4) is 0 Å². The molecule has 154 valence electrons. The Morgan fingerprint density at radius 3 is 2.70 bits per heavy atom. The van der Waals surface area contributed by atoms with E-state index in [2.05, 4.69) is 5.16 Å². The Labute approximate surface area is 173 Å². The van der Waals surface area contributed by atoms with Crippen LogP contribution in [0.5, 0.6) is 11.5 Å². The van der Waals surface area contributed by atoms with E-state index in [-0.39, 0.29) is 11.7 Å². The van der Waals surface area contributed by atoms with Crippen LogP contribution in [0.25, 0.3) is 17.4 Å². The molecule has 1 aliphatic heterocycles. The molecule has 3 aromatic rings. The molecule has 7 heteroatoms. The van der Waals surface area contributed by atoms with Gasteiger partial charge in [0.25, 0.3) is 0 Å². The first-order valence-electron chi connectivity index (χ1n) is 9.51. The van der Waals surface area contributed by atoms with Gasteiger partial charge in [-0.05, 0) is 48.9 Å². The lowest BCUT2D eigenvalue weighted by Gasteiger charge is -2.24. The SMILES string of the molecule is COc1ccc(/C=C/C(=O)N2CCc3c(noc3-c3ccc(F)cc3)C2)c(OC)c1. The topological polar surface area (TPSA) is 64.8 Å². The van der Waals surface area contributed by atoms with Crippen molar-refractivity contribution in [3.8, 4) is 22.8 Å². The molecule has 0 bridgehead atoms. The standard InChI is InChI=1S/C23H21FN2O4/c1-28-18-9-5-15(21(13-18)29-2)6-10-22(27)26-12-11-19-20(14-26)25-30-23(19)16-3-7-17(24)8-4-16/h3-10,13H,11-12,14H2,1-2H3/b10-6+. The maximum atomic E-state index is 13.2. The molecule has 2 heterocycles. The Balaban J connectivity index is 1.48. The molecule has 0 unspecified atom stereocenters. The number of hydrogen-bond donors (Lipinski definition) is 0. The van der Waals surface area contributed by atoms with Gasteiger partial charge in [0.2, 0.25) is 5.91 Å². The van der Waals surface area contributed by atoms with E-state index in [1.165, 1.54) is 18.2 Å². The predicted molar refractivity (Wildman–Crippen MR) is 110 cm³/mol. The highest BCUT2D eigenvalue weighted by Gasteiger charge is 2.26. The van der Waals surface area contributed by atoms with Gasteiger partial charge in [0.15, 0.2) is 5.76 Å². The number of aromatic nitrogens is 1. The van der Waals surface area contributed by atoms with Crippen molar-refractivity contribution < 1.29 is 23.2 Å². The van der Waals surface area contributed by atoms with Gasteiger partial charge in [-0.2, -0.15) is 0 Å². The maximum Gasteiger partial charge on any atom is 0.246 e. The number of methoxy groups -OCH3 is 2. The van der Waals surface area contributed by atoms with Gasteiger partial charge in [-0.15, -0.1) is 0 Å². The lowest BCUT2D eigenvalue weighted by atomic mass is 10.0. The van der Waals surface area contributed by atoms with Gasteiger partial charge in [0.1, 0.15) is 23.0 Å². The molecule has 4 rings (SSSR count). The third-order valence-electron chi connectivity index (χ3n) is 5.11. The molecule has 6 nitrogen and oxygen atoms in total. The molecule has 0 fully saturated rings. The number of rotatable bonds is 5. The summed E-state index contributed by atoms with van der Waals surface area (Å²) in [6.45, 7) is 0.911. The molecule has 0 atom stereocenters. The number of carbonyl (C=O) groups is 1. The first-order valence-corrected chi connectivity index (χ1v) is 9.51. The number of amides is 1. The third kappa shape index (κ3) is 3.91. The number of fused-ring (bicyclic) bond motifs is 1. The van der Waals surface area contributed by atoms with Crippen molar-refractivity contribution in [2.24, 2.45) is 0 Å². The summed E-state index contributed by atoms with van der Waals surface area (Å²) in [5.74, 6) is 1.52. The quantitative estimate of drug-likeness (QED) is 0.595. The van der Waals surface area contributed by atoms with Crippen molar-refractivity contribution in [2.45, 2.75) is 13.0 Å². The van der Waals surface area contributed by atoms with Gasteiger partial charge < -0.3 is 18.9 Å². The first-order chi connectivity index (χ1) is 14.6. The summed E-state index contributed by atoms with van der Waals surface area (Å²) < 4.78 is 29.2. The van der Waals surface area contributed by atoms with Crippen molar-refractivity contribution in [3.63, 3.8) is 0 Å². The minimum absolute atomic E-state index is 0.121. The molecule has 0 saturated heterocycles. The van der Waals surface area contributed by atoms with Crippen molar-refractivity contribution in [1.82, 2.24) is 10.1 Å². The average Bonchev–Trinajstić information content (AvgIpc) is 3.21. The largest absolute Gasteiger partial charge is 0.497 e. The second-order valence-electron chi connectivity index (χ2n) is 6.89. The number of halogens is 1. The summed E-state index contributed by atoms with van der Waals surface area (Å²) >= 11 is 0. The minimum atomic E-state index is -0.302. The molecule has 30 heavy (non-hydrogen) atoms. The van der Waals surface area contributed by atoms with Gasteiger partial charge in [0, 0.05) is 35.4 Å². The van der Waals surface area contributed by atoms with Gasteiger partial charge in [-0.25, -0.2) is 4.39 Å². The van der Waals surface area contributed by atoms with Crippen molar-refractivity contribution in [1.29, 1.82) is 0 Å². The highest BCUT2D eigenvalue weighted by molar-refractivity contribution is 5.92. The van der Waals surface area contributed by atoms with Crippen LogP contribution in [0.4, 0.5) is 4.39 Å². The lowest BCUT2D eigenvalue weighted by molar-refractivity contribution is -0.126. The van der Waals surface area contributed by atoms with E-state index in [4.69, 9.17) is 14.0 Å². The third-order valence-corrected chi connectivity index (χ3v) is 5.11. The van der Waals surface area contributed by atoms with Crippen LogP contribution >= 0.6 is 0 Å². The van der Waals surface area contributed by atoms with E-state index in [1.807, 2.05) is 12.1 Å². The molecule has 0 saturated carbocycles. The van der Waals surface area contributed by atoms with E-state index in [0.717, 1.165) is 22.4 Å². The van der Waals surface area contributed by atoms with Gasteiger partial charge in [-0.3, -0.25) is 4.79 Å². The predicted octanol–water partition coefficient (Wildman–Crippen LogP) is 4.10. The Morgan fingerprint density at radius 2 is 1.97 bits per heavy atom. The van der Waals surface area contributed by atoms with Crippen LogP contribution in [-0.4, -0.2) is 36.7 Å². The molecule has 1 aliphatic rings. The Kier molecular flexibility index (Phi) is 5.52. The van der Waals surface area contributed by atoms with Crippen molar-refractivity contribution in [3.05, 3.63) is 71.2 Å². The van der Waals surface area contributed by atoms with Gasteiger partial charge in [0.05, 0.1) is 20.8 Å². The molecule has 2 aromatic carbocycles. The molecule has 0 spiro atoms. The molecular formula is C23H21FN2O4.